The van der Waals surface area contributed by atoms with E-state index in [-0.39, 0.29) is 11.8 Å². The maximum atomic E-state index is 12.9. The molecule has 4 nitrogen and oxygen atoms in total. The molecule has 1 aliphatic rings. The molecule has 0 N–H and O–H groups in total. The lowest BCUT2D eigenvalue weighted by atomic mass is 10.1. The van der Waals surface area contributed by atoms with E-state index in [0.29, 0.717) is 13.0 Å². The highest BCUT2D eigenvalue weighted by atomic mass is 16.2. The van der Waals surface area contributed by atoms with Gasteiger partial charge in [0, 0.05) is 31.1 Å². The third-order valence-corrected chi connectivity index (χ3v) is 6.32. The van der Waals surface area contributed by atoms with Crippen molar-refractivity contribution in [3.63, 3.8) is 0 Å². The molecule has 0 spiro atoms. The molecular formula is C26H33N3O. The van der Waals surface area contributed by atoms with Crippen LogP contribution in [0.2, 0.25) is 0 Å². The molecule has 4 heteroatoms. The predicted octanol–water partition coefficient (Wildman–Crippen LogP) is 6.09. The van der Waals surface area contributed by atoms with Crippen molar-refractivity contribution in [2.75, 3.05) is 11.4 Å². The number of aromatic nitrogens is 2. The van der Waals surface area contributed by atoms with E-state index in [0.717, 1.165) is 36.4 Å². The van der Waals surface area contributed by atoms with E-state index in [1.54, 1.807) is 0 Å². The summed E-state index contributed by atoms with van der Waals surface area (Å²) >= 11 is 0. The van der Waals surface area contributed by atoms with Crippen molar-refractivity contribution in [1.82, 2.24) is 9.55 Å². The van der Waals surface area contributed by atoms with Crippen LogP contribution in [0.4, 0.5) is 5.69 Å². The number of hydrogen-bond acceptors (Lipinski definition) is 2. The normalized spacial score (nSPS) is 16.7. The molecule has 2 heterocycles. The quantitative estimate of drug-likeness (QED) is 0.406. The number of benzene rings is 2. The van der Waals surface area contributed by atoms with Gasteiger partial charge >= 0.3 is 0 Å². The lowest BCUT2D eigenvalue weighted by Gasteiger charge is -2.18. The Balaban J connectivity index is 1.56. The van der Waals surface area contributed by atoms with Crippen molar-refractivity contribution < 1.29 is 4.79 Å². The zero-order valence-corrected chi connectivity index (χ0v) is 18.3. The van der Waals surface area contributed by atoms with Crippen LogP contribution in [-0.2, 0) is 17.8 Å². The first-order valence-electron chi connectivity index (χ1n) is 11.6. The van der Waals surface area contributed by atoms with Crippen LogP contribution in [0.5, 0.6) is 0 Å². The van der Waals surface area contributed by atoms with Crippen molar-refractivity contribution in [2.24, 2.45) is 0 Å². The summed E-state index contributed by atoms with van der Waals surface area (Å²) in [6.45, 7) is 6.10. The summed E-state index contributed by atoms with van der Waals surface area (Å²) < 4.78 is 2.38. The highest BCUT2D eigenvalue weighted by Crippen LogP contribution is 2.33. The molecule has 0 bridgehead atoms. The molecule has 0 aliphatic carbocycles. The van der Waals surface area contributed by atoms with Crippen molar-refractivity contribution in [3.8, 4) is 0 Å². The number of rotatable bonds is 9. The smallest absolute Gasteiger partial charge is 0.227 e. The van der Waals surface area contributed by atoms with Crippen LogP contribution in [0, 0.1) is 0 Å². The topological polar surface area (TPSA) is 38.1 Å². The number of nitrogens with zero attached hydrogens (tertiary/aromatic N) is 3. The van der Waals surface area contributed by atoms with E-state index in [4.69, 9.17) is 4.98 Å². The van der Waals surface area contributed by atoms with Crippen molar-refractivity contribution in [1.29, 1.82) is 0 Å². The van der Waals surface area contributed by atoms with E-state index < -0.39 is 0 Å². The van der Waals surface area contributed by atoms with Crippen LogP contribution in [0.3, 0.4) is 0 Å². The number of unbranched alkanes of at least 4 members (excludes halogenated alkanes) is 4. The average Bonchev–Trinajstić information content (AvgIpc) is 3.34. The molecule has 4 rings (SSSR count). The van der Waals surface area contributed by atoms with Crippen LogP contribution < -0.4 is 4.90 Å². The summed E-state index contributed by atoms with van der Waals surface area (Å²) in [6.07, 6.45) is 7.82. The van der Waals surface area contributed by atoms with Crippen molar-refractivity contribution in [2.45, 2.75) is 71.3 Å². The number of amides is 1. The van der Waals surface area contributed by atoms with E-state index in [9.17, 15) is 4.79 Å². The summed E-state index contributed by atoms with van der Waals surface area (Å²) in [4.78, 5) is 19.8. The largest absolute Gasteiger partial charge is 0.328 e. The SMILES string of the molecule is CCCCCCCn1c(C2CC(=O)N(c3ccc(CC)cc3)C2)nc2ccccc21. The Morgan fingerprint density at radius 2 is 1.73 bits per heavy atom. The Morgan fingerprint density at radius 3 is 2.50 bits per heavy atom. The molecule has 1 unspecified atom stereocenters. The van der Waals surface area contributed by atoms with Crippen molar-refractivity contribution >= 4 is 22.6 Å². The molecule has 0 radical (unpaired) electrons. The first kappa shape index (κ1) is 20.6. The summed E-state index contributed by atoms with van der Waals surface area (Å²) in [5, 5.41) is 0. The molecule has 1 atom stereocenters. The van der Waals surface area contributed by atoms with Crippen LogP contribution >= 0.6 is 0 Å². The monoisotopic (exact) mass is 403 g/mol. The van der Waals surface area contributed by atoms with Crippen LogP contribution in [0.25, 0.3) is 11.0 Å². The Kier molecular flexibility index (Phi) is 6.51. The van der Waals surface area contributed by atoms with Gasteiger partial charge in [-0.05, 0) is 42.7 Å². The maximum absolute atomic E-state index is 12.9. The van der Waals surface area contributed by atoms with E-state index in [1.165, 1.54) is 36.8 Å². The third kappa shape index (κ3) is 4.28. The lowest BCUT2D eigenvalue weighted by molar-refractivity contribution is -0.117. The van der Waals surface area contributed by atoms with E-state index in [1.807, 2.05) is 11.0 Å². The van der Waals surface area contributed by atoms with Gasteiger partial charge in [0.1, 0.15) is 5.82 Å². The van der Waals surface area contributed by atoms with E-state index in [2.05, 4.69) is 60.9 Å². The molecule has 0 saturated carbocycles. The molecular weight excluding hydrogens is 370 g/mol. The maximum Gasteiger partial charge on any atom is 0.227 e. The summed E-state index contributed by atoms with van der Waals surface area (Å²) in [5.74, 6) is 1.42. The van der Waals surface area contributed by atoms with Gasteiger partial charge in [-0.2, -0.15) is 0 Å². The minimum atomic E-state index is 0.145. The molecule has 1 saturated heterocycles. The summed E-state index contributed by atoms with van der Waals surface area (Å²) in [5.41, 5.74) is 4.54. The Bertz CT molecular complexity index is 989. The fourth-order valence-electron chi connectivity index (χ4n) is 4.56. The number of imidazole rings is 1. The minimum Gasteiger partial charge on any atom is -0.328 e. The second kappa shape index (κ2) is 9.46. The lowest BCUT2D eigenvalue weighted by Crippen LogP contribution is -2.24. The highest BCUT2D eigenvalue weighted by molar-refractivity contribution is 5.96. The van der Waals surface area contributed by atoms with Crippen LogP contribution in [0.1, 0.15) is 69.7 Å². The van der Waals surface area contributed by atoms with Gasteiger partial charge in [0.15, 0.2) is 0 Å². The molecule has 30 heavy (non-hydrogen) atoms. The first-order chi connectivity index (χ1) is 14.7. The number of fused-ring (bicyclic) bond motifs is 1. The Hall–Kier alpha value is -2.62. The molecule has 1 amide bonds. The zero-order valence-electron chi connectivity index (χ0n) is 18.3. The zero-order chi connectivity index (χ0) is 20.9. The van der Waals surface area contributed by atoms with Gasteiger partial charge in [0.2, 0.25) is 5.91 Å². The number of aryl methyl sites for hydroxylation is 2. The highest BCUT2D eigenvalue weighted by Gasteiger charge is 2.34. The van der Waals surface area contributed by atoms with Gasteiger partial charge < -0.3 is 9.47 Å². The Labute approximate surface area is 179 Å². The molecule has 2 aromatic carbocycles. The second-order valence-corrected chi connectivity index (χ2v) is 8.45. The number of carbonyl (C=O) groups is 1. The standard InChI is InChI=1S/C26H33N3O/c1-3-5-6-7-10-17-28-24-12-9-8-11-23(24)27-26(28)21-18-25(30)29(19-21)22-15-13-20(4-2)14-16-22/h8-9,11-16,21H,3-7,10,17-19H2,1-2H3. The van der Waals surface area contributed by atoms with Crippen LogP contribution in [-0.4, -0.2) is 22.0 Å². The summed E-state index contributed by atoms with van der Waals surface area (Å²) in [7, 11) is 0. The van der Waals surface area contributed by atoms with Gasteiger partial charge in [-0.1, -0.05) is 63.8 Å². The molecule has 1 aromatic heterocycles. The molecule has 1 aliphatic heterocycles. The van der Waals surface area contributed by atoms with Gasteiger partial charge in [-0.3, -0.25) is 4.79 Å². The minimum absolute atomic E-state index is 0.145. The number of carbonyl (C=O) groups excluding carboxylic acids is 1. The Morgan fingerprint density at radius 1 is 0.967 bits per heavy atom. The van der Waals surface area contributed by atoms with Gasteiger partial charge in [-0.15, -0.1) is 0 Å². The molecule has 1 fully saturated rings. The number of hydrogen-bond donors (Lipinski definition) is 0. The number of para-hydroxylation sites is 2. The third-order valence-electron chi connectivity index (χ3n) is 6.32. The predicted molar refractivity (Wildman–Crippen MR) is 124 cm³/mol. The molecule has 3 aromatic rings. The second-order valence-electron chi connectivity index (χ2n) is 8.45. The van der Waals surface area contributed by atoms with E-state index >= 15 is 0 Å². The fraction of sp³-hybridized carbons (Fsp3) is 0.462. The molecule has 158 valence electrons. The summed E-state index contributed by atoms with van der Waals surface area (Å²) in [6, 6.07) is 16.8. The fourth-order valence-corrected chi connectivity index (χ4v) is 4.56. The van der Waals surface area contributed by atoms with Crippen LogP contribution in [0.15, 0.2) is 48.5 Å². The number of anilines is 1. The van der Waals surface area contributed by atoms with Gasteiger partial charge in [0.05, 0.1) is 11.0 Å². The van der Waals surface area contributed by atoms with Gasteiger partial charge in [0.25, 0.3) is 0 Å². The van der Waals surface area contributed by atoms with Crippen molar-refractivity contribution in [3.05, 3.63) is 59.9 Å². The van der Waals surface area contributed by atoms with Gasteiger partial charge in [-0.25, -0.2) is 4.98 Å². The first-order valence-corrected chi connectivity index (χ1v) is 11.6. The average molecular weight is 404 g/mol.